The van der Waals surface area contributed by atoms with Crippen LogP contribution in [-0.2, 0) is 0 Å². The minimum absolute atomic E-state index is 0.414. The van der Waals surface area contributed by atoms with E-state index in [0.29, 0.717) is 6.54 Å². The Hall–Kier alpha value is -0.900. The van der Waals surface area contributed by atoms with Crippen LogP contribution in [0.5, 0.6) is 0 Å². The summed E-state index contributed by atoms with van der Waals surface area (Å²) in [6.45, 7) is 4.54. The van der Waals surface area contributed by atoms with Gasteiger partial charge < -0.3 is 15.3 Å². The van der Waals surface area contributed by atoms with Crippen molar-refractivity contribution in [2.75, 3.05) is 33.7 Å². The van der Waals surface area contributed by atoms with Gasteiger partial charge in [-0.3, -0.25) is 0 Å². The lowest BCUT2D eigenvalue weighted by Crippen LogP contribution is -2.29. The SMILES string of the molecule is Cc1ccc(C(O)CNCCN(C)C)cc1. The second kappa shape index (κ2) is 6.63. The molecule has 0 amide bonds. The zero-order valence-electron chi connectivity index (χ0n) is 10.4. The first-order valence-electron chi connectivity index (χ1n) is 5.69. The van der Waals surface area contributed by atoms with Crippen molar-refractivity contribution in [3.63, 3.8) is 0 Å². The van der Waals surface area contributed by atoms with Crippen molar-refractivity contribution in [2.24, 2.45) is 0 Å². The number of likely N-dealkylation sites (N-methyl/N-ethyl adjacent to an activating group) is 1. The molecule has 3 nitrogen and oxygen atoms in total. The molecule has 3 heteroatoms. The summed E-state index contributed by atoms with van der Waals surface area (Å²) in [7, 11) is 4.08. The first kappa shape index (κ1) is 13.2. The van der Waals surface area contributed by atoms with Crippen LogP contribution in [0.1, 0.15) is 17.2 Å². The fourth-order valence-corrected chi connectivity index (χ4v) is 1.45. The van der Waals surface area contributed by atoms with E-state index >= 15 is 0 Å². The number of benzene rings is 1. The number of nitrogens with one attached hydrogen (secondary N) is 1. The van der Waals surface area contributed by atoms with Gasteiger partial charge in [0.1, 0.15) is 0 Å². The minimum Gasteiger partial charge on any atom is -0.387 e. The van der Waals surface area contributed by atoms with Crippen molar-refractivity contribution in [3.8, 4) is 0 Å². The Morgan fingerprint density at radius 1 is 1.25 bits per heavy atom. The Balaban J connectivity index is 2.29. The summed E-state index contributed by atoms with van der Waals surface area (Å²) in [5.41, 5.74) is 2.19. The third-order valence-corrected chi connectivity index (χ3v) is 2.54. The molecule has 0 saturated carbocycles. The zero-order chi connectivity index (χ0) is 12.0. The van der Waals surface area contributed by atoms with Gasteiger partial charge in [-0.15, -0.1) is 0 Å². The van der Waals surface area contributed by atoms with Gasteiger partial charge in [0, 0.05) is 19.6 Å². The highest BCUT2D eigenvalue weighted by Crippen LogP contribution is 2.12. The molecule has 0 aliphatic heterocycles. The molecular weight excluding hydrogens is 200 g/mol. The number of hydrogen-bond donors (Lipinski definition) is 2. The summed E-state index contributed by atoms with van der Waals surface area (Å²) >= 11 is 0. The summed E-state index contributed by atoms with van der Waals surface area (Å²) < 4.78 is 0. The molecule has 1 aromatic carbocycles. The minimum atomic E-state index is -0.414. The van der Waals surface area contributed by atoms with Crippen LogP contribution in [-0.4, -0.2) is 43.7 Å². The average molecular weight is 222 g/mol. The average Bonchev–Trinajstić information content (AvgIpc) is 2.25. The lowest BCUT2D eigenvalue weighted by Gasteiger charge is -2.14. The largest absolute Gasteiger partial charge is 0.387 e. The van der Waals surface area contributed by atoms with Gasteiger partial charge in [0.2, 0.25) is 0 Å². The Kier molecular flexibility index (Phi) is 5.46. The van der Waals surface area contributed by atoms with E-state index in [0.717, 1.165) is 18.7 Å². The third-order valence-electron chi connectivity index (χ3n) is 2.54. The van der Waals surface area contributed by atoms with Crippen molar-refractivity contribution in [1.29, 1.82) is 0 Å². The maximum atomic E-state index is 9.90. The summed E-state index contributed by atoms with van der Waals surface area (Å²) in [4.78, 5) is 2.12. The van der Waals surface area contributed by atoms with Gasteiger partial charge in [-0.25, -0.2) is 0 Å². The lowest BCUT2D eigenvalue weighted by atomic mass is 10.1. The van der Waals surface area contributed by atoms with Crippen molar-refractivity contribution >= 4 is 0 Å². The van der Waals surface area contributed by atoms with Crippen molar-refractivity contribution < 1.29 is 5.11 Å². The van der Waals surface area contributed by atoms with Gasteiger partial charge in [0.05, 0.1) is 6.10 Å². The monoisotopic (exact) mass is 222 g/mol. The fourth-order valence-electron chi connectivity index (χ4n) is 1.45. The van der Waals surface area contributed by atoms with E-state index in [1.807, 2.05) is 45.3 Å². The number of rotatable bonds is 6. The van der Waals surface area contributed by atoms with Crippen molar-refractivity contribution in [1.82, 2.24) is 10.2 Å². The van der Waals surface area contributed by atoms with E-state index in [4.69, 9.17) is 0 Å². The van der Waals surface area contributed by atoms with Gasteiger partial charge >= 0.3 is 0 Å². The second-order valence-electron chi connectivity index (χ2n) is 4.43. The van der Waals surface area contributed by atoms with Crippen LogP contribution < -0.4 is 5.32 Å². The summed E-state index contributed by atoms with van der Waals surface area (Å²) in [5, 5.41) is 13.1. The Morgan fingerprint density at radius 2 is 1.88 bits per heavy atom. The van der Waals surface area contributed by atoms with Crippen LogP contribution in [0.2, 0.25) is 0 Å². The molecule has 0 aromatic heterocycles. The van der Waals surface area contributed by atoms with Crippen LogP contribution in [0.25, 0.3) is 0 Å². The van der Waals surface area contributed by atoms with E-state index in [-0.39, 0.29) is 0 Å². The predicted octanol–water partition coefficient (Wildman–Crippen LogP) is 1.18. The molecule has 0 bridgehead atoms. The molecule has 0 saturated heterocycles. The van der Waals surface area contributed by atoms with Gasteiger partial charge in [-0.2, -0.15) is 0 Å². The van der Waals surface area contributed by atoms with Gasteiger partial charge in [0.15, 0.2) is 0 Å². The van der Waals surface area contributed by atoms with Crippen LogP contribution in [0.15, 0.2) is 24.3 Å². The number of hydrogen-bond acceptors (Lipinski definition) is 3. The molecule has 1 rings (SSSR count). The zero-order valence-corrected chi connectivity index (χ0v) is 10.4. The fraction of sp³-hybridized carbons (Fsp3) is 0.538. The van der Waals surface area contributed by atoms with Crippen molar-refractivity contribution in [2.45, 2.75) is 13.0 Å². The molecular formula is C13H22N2O. The second-order valence-corrected chi connectivity index (χ2v) is 4.43. The highest BCUT2D eigenvalue weighted by molar-refractivity contribution is 5.23. The van der Waals surface area contributed by atoms with E-state index < -0.39 is 6.10 Å². The van der Waals surface area contributed by atoms with Gasteiger partial charge in [0.25, 0.3) is 0 Å². The molecule has 0 spiro atoms. The molecule has 0 fully saturated rings. The molecule has 90 valence electrons. The predicted molar refractivity (Wildman–Crippen MR) is 67.6 cm³/mol. The Bertz CT molecular complexity index is 295. The van der Waals surface area contributed by atoms with Crippen molar-refractivity contribution in [3.05, 3.63) is 35.4 Å². The topological polar surface area (TPSA) is 35.5 Å². The molecule has 0 heterocycles. The van der Waals surface area contributed by atoms with Crippen LogP contribution in [0.3, 0.4) is 0 Å². The molecule has 1 aromatic rings. The molecule has 0 aliphatic rings. The molecule has 0 radical (unpaired) electrons. The number of nitrogens with zero attached hydrogens (tertiary/aromatic N) is 1. The first-order valence-corrected chi connectivity index (χ1v) is 5.69. The molecule has 1 unspecified atom stereocenters. The summed E-state index contributed by atoms with van der Waals surface area (Å²) in [6, 6.07) is 8.01. The summed E-state index contributed by atoms with van der Waals surface area (Å²) in [6.07, 6.45) is -0.414. The maximum Gasteiger partial charge on any atom is 0.0914 e. The van der Waals surface area contributed by atoms with Crippen LogP contribution in [0.4, 0.5) is 0 Å². The smallest absolute Gasteiger partial charge is 0.0914 e. The Morgan fingerprint density at radius 3 is 2.44 bits per heavy atom. The van der Waals surface area contributed by atoms with Crippen LogP contribution in [0, 0.1) is 6.92 Å². The third kappa shape index (κ3) is 4.75. The van der Waals surface area contributed by atoms with E-state index in [1.165, 1.54) is 5.56 Å². The van der Waals surface area contributed by atoms with Gasteiger partial charge in [-0.1, -0.05) is 29.8 Å². The summed E-state index contributed by atoms with van der Waals surface area (Å²) in [5.74, 6) is 0. The number of aliphatic hydroxyl groups excluding tert-OH is 1. The standard InChI is InChI=1S/C13H22N2O/c1-11-4-6-12(7-5-11)13(16)10-14-8-9-15(2)3/h4-7,13-14,16H,8-10H2,1-3H3. The Labute approximate surface area is 98.1 Å². The number of aryl methyl sites for hydroxylation is 1. The molecule has 1 atom stereocenters. The molecule has 16 heavy (non-hydrogen) atoms. The van der Waals surface area contributed by atoms with Gasteiger partial charge in [-0.05, 0) is 26.6 Å². The maximum absolute atomic E-state index is 9.90. The quantitative estimate of drug-likeness (QED) is 0.710. The van der Waals surface area contributed by atoms with E-state index in [9.17, 15) is 5.11 Å². The van der Waals surface area contributed by atoms with Crippen LogP contribution >= 0.6 is 0 Å². The van der Waals surface area contributed by atoms with E-state index in [2.05, 4.69) is 10.2 Å². The highest BCUT2D eigenvalue weighted by Gasteiger charge is 2.05. The highest BCUT2D eigenvalue weighted by atomic mass is 16.3. The number of aliphatic hydroxyl groups is 1. The normalized spacial score (nSPS) is 13.1. The lowest BCUT2D eigenvalue weighted by molar-refractivity contribution is 0.173. The van der Waals surface area contributed by atoms with E-state index in [1.54, 1.807) is 0 Å². The first-order chi connectivity index (χ1) is 7.59. The molecule has 0 aliphatic carbocycles. The molecule has 2 N–H and O–H groups in total.